The normalized spacial score (nSPS) is 13.4. The van der Waals surface area contributed by atoms with Crippen molar-refractivity contribution >= 4 is 122 Å². The molecule has 0 N–H and O–H groups in total. The van der Waals surface area contributed by atoms with Gasteiger partial charge in [0.2, 0.25) is 0 Å². The molecule has 4 amide bonds. The van der Waals surface area contributed by atoms with Gasteiger partial charge in [-0.25, -0.2) is 9.80 Å². The van der Waals surface area contributed by atoms with E-state index in [4.69, 9.17) is 0 Å². The third-order valence-electron chi connectivity index (χ3n) is 18.5. The fourth-order valence-electron chi connectivity index (χ4n) is 14.6. The molecule has 0 bridgehead atoms. The average Bonchev–Trinajstić information content (AvgIpc) is 1.61. The van der Waals surface area contributed by atoms with Crippen LogP contribution in [0.1, 0.15) is 52.6 Å². The van der Waals surface area contributed by atoms with Crippen molar-refractivity contribution in [3.63, 3.8) is 0 Å². The average molecular weight is 1130 g/mol. The van der Waals surface area contributed by atoms with Gasteiger partial charge in [-0.2, -0.15) is 0 Å². The summed E-state index contributed by atoms with van der Waals surface area (Å²) in [6.07, 6.45) is 0. The standard InChI is InChI=1S/C78H48N6O4/c1-45-39-47(79-75(85)59-41-71(81-63-27-11-3-19-51(63)52-20-4-12-28-64(52)81)72(42-60(59)76(79)86)82-65-29-13-5-21-53(65)54-22-6-14-30-66(54)82)35-37-49(45)50-38-36-48(40-46(50)2)80-77(87)61-43-73(83-67-31-15-7-23-55(67)56-24-8-16-32-68(56)83)74(44-62(61)78(80)88)84-69-33-17-9-25-57(69)58-26-10-18-34-70(58)84/h3-44H,1-2H3. The lowest BCUT2D eigenvalue weighted by Crippen LogP contribution is -2.29. The lowest BCUT2D eigenvalue weighted by Gasteiger charge is -2.19. The fraction of sp³-hybridized carbons (Fsp3) is 0.0256. The summed E-state index contributed by atoms with van der Waals surface area (Å²) < 4.78 is 8.88. The second kappa shape index (κ2) is 18.3. The van der Waals surface area contributed by atoms with Crippen LogP contribution in [0.2, 0.25) is 0 Å². The number of carbonyl (C=O) groups is 4. The van der Waals surface area contributed by atoms with Crippen molar-refractivity contribution in [3.8, 4) is 33.9 Å². The second-order valence-electron chi connectivity index (χ2n) is 23.1. The number of aryl methyl sites for hydroxylation is 2. The first-order chi connectivity index (χ1) is 43.2. The molecule has 0 spiro atoms. The van der Waals surface area contributed by atoms with E-state index in [-0.39, 0.29) is 0 Å². The zero-order valence-corrected chi connectivity index (χ0v) is 47.6. The van der Waals surface area contributed by atoms with Crippen molar-refractivity contribution < 1.29 is 19.2 Å². The minimum atomic E-state index is -0.409. The largest absolute Gasteiger partial charge is 0.307 e. The Kier molecular flexibility index (Phi) is 10.3. The summed E-state index contributed by atoms with van der Waals surface area (Å²) in [5.41, 5.74) is 16.5. The maximum absolute atomic E-state index is 15.1. The van der Waals surface area contributed by atoms with Gasteiger partial charge in [-0.3, -0.25) is 19.2 Å². The third kappa shape index (κ3) is 6.76. The molecule has 88 heavy (non-hydrogen) atoms. The van der Waals surface area contributed by atoms with Crippen molar-refractivity contribution in [1.29, 1.82) is 0 Å². The molecule has 0 aliphatic carbocycles. The van der Waals surface area contributed by atoms with Gasteiger partial charge >= 0.3 is 0 Å². The fourth-order valence-corrected chi connectivity index (χ4v) is 14.6. The van der Waals surface area contributed by atoms with Crippen molar-refractivity contribution in [2.75, 3.05) is 9.80 Å². The van der Waals surface area contributed by atoms with E-state index in [1.165, 1.54) is 9.80 Å². The summed E-state index contributed by atoms with van der Waals surface area (Å²) >= 11 is 0. The molecule has 10 heteroatoms. The van der Waals surface area contributed by atoms with Gasteiger partial charge in [0.05, 0.1) is 101 Å². The summed E-state index contributed by atoms with van der Waals surface area (Å²) in [6, 6.07) is 85.4. The molecule has 0 saturated heterocycles. The van der Waals surface area contributed by atoms with Gasteiger partial charge in [-0.15, -0.1) is 0 Å². The van der Waals surface area contributed by atoms with E-state index in [1.54, 1.807) is 0 Å². The number of hydrogen-bond acceptors (Lipinski definition) is 4. The molecule has 0 radical (unpaired) electrons. The Hall–Kier alpha value is -11.9. The van der Waals surface area contributed by atoms with Crippen molar-refractivity contribution in [2.24, 2.45) is 0 Å². The van der Waals surface area contributed by atoms with E-state index in [1.807, 2.05) is 172 Å². The molecule has 4 aromatic heterocycles. The van der Waals surface area contributed by atoms with Crippen LogP contribution in [0.3, 0.4) is 0 Å². The molecule has 16 aromatic rings. The number of para-hydroxylation sites is 8. The van der Waals surface area contributed by atoms with E-state index < -0.39 is 23.6 Å². The lowest BCUT2D eigenvalue weighted by molar-refractivity contribution is 0.0910. The lowest BCUT2D eigenvalue weighted by atomic mass is 9.95. The van der Waals surface area contributed by atoms with Gasteiger partial charge in [-0.05, 0) is 133 Å². The molecule has 0 unspecified atom stereocenters. The van der Waals surface area contributed by atoms with Crippen LogP contribution in [0.15, 0.2) is 255 Å². The molecule has 414 valence electrons. The third-order valence-corrected chi connectivity index (χ3v) is 18.5. The highest BCUT2D eigenvalue weighted by Crippen LogP contribution is 2.45. The molecule has 0 fully saturated rings. The van der Waals surface area contributed by atoms with Crippen molar-refractivity contribution in [2.45, 2.75) is 13.8 Å². The van der Waals surface area contributed by atoms with Crippen LogP contribution in [0.4, 0.5) is 11.4 Å². The quantitative estimate of drug-likeness (QED) is 0.149. The van der Waals surface area contributed by atoms with Crippen LogP contribution in [0.5, 0.6) is 0 Å². The smallest absolute Gasteiger partial charge is 0.266 e. The van der Waals surface area contributed by atoms with Crippen LogP contribution in [-0.2, 0) is 0 Å². The summed E-state index contributed by atoms with van der Waals surface area (Å²) in [7, 11) is 0. The number of nitrogens with zero attached hydrogens (tertiary/aromatic N) is 6. The number of anilines is 2. The van der Waals surface area contributed by atoms with Crippen LogP contribution in [0.25, 0.3) is 121 Å². The molecule has 10 nitrogen and oxygen atoms in total. The monoisotopic (exact) mass is 1130 g/mol. The van der Waals surface area contributed by atoms with E-state index in [9.17, 15) is 0 Å². The molecule has 18 rings (SSSR count). The minimum Gasteiger partial charge on any atom is -0.307 e. The molecule has 0 atom stereocenters. The molecular formula is C78H48N6O4. The van der Waals surface area contributed by atoms with Gasteiger partial charge in [0.25, 0.3) is 23.6 Å². The summed E-state index contributed by atoms with van der Waals surface area (Å²) in [5.74, 6) is -1.63. The highest BCUT2D eigenvalue weighted by atomic mass is 16.2. The zero-order valence-electron chi connectivity index (χ0n) is 47.6. The summed E-state index contributed by atoms with van der Waals surface area (Å²) in [4.78, 5) is 63.0. The van der Waals surface area contributed by atoms with Crippen LogP contribution in [0, 0.1) is 13.8 Å². The van der Waals surface area contributed by atoms with Crippen LogP contribution in [-0.4, -0.2) is 41.9 Å². The van der Waals surface area contributed by atoms with E-state index in [0.717, 1.165) is 132 Å². The van der Waals surface area contributed by atoms with Crippen molar-refractivity contribution in [1.82, 2.24) is 18.3 Å². The predicted molar refractivity (Wildman–Crippen MR) is 354 cm³/mol. The first kappa shape index (κ1) is 49.5. The Bertz CT molecular complexity index is 4970. The Morgan fingerprint density at radius 1 is 0.216 bits per heavy atom. The zero-order chi connectivity index (χ0) is 58.8. The summed E-state index contributed by atoms with van der Waals surface area (Å²) in [6.45, 7) is 3.94. The maximum atomic E-state index is 15.1. The van der Waals surface area contributed by atoms with Gasteiger partial charge in [0.1, 0.15) is 0 Å². The number of carbonyl (C=O) groups excluding carboxylic acids is 4. The summed E-state index contributed by atoms with van der Waals surface area (Å²) in [5, 5.41) is 8.64. The highest BCUT2D eigenvalue weighted by Gasteiger charge is 2.41. The van der Waals surface area contributed by atoms with Gasteiger partial charge in [0.15, 0.2) is 0 Å². The molecule has 0 saturated carbocycles. The predicted octanol–water partition coefficient (Wildman–Crippen LogP) is 18.0. The molecular weight excluding hydrogens is 1080 g/mol. The first-order valence-electron chi connectivity index (χ1n) is 29.5. The van der Waals surface area contributed by atoms with E-state index in [0.29, 0.717) is 33.6 Å². The molecule has 6 heterocycles. The first-order valence-corrected chi connectivity index (χ1v) is 29.5. The maximum Gasteiger partial charge on any atom is 0.266 e. The Balaban J connectivity index is 0.722. The van der Waals surface area contributed by atoms with Crippen molar-refractivity contribution in [3.05, 3.63) is 288 Å². The van der Waals surface area contributed by atoms with Gasteiger partial charge in [0, 0.05) is 43.1 Å². The number of aromatic nitrogens is 4. The van der Waals surface area contributed by atoms with Crippen LogP contribution < -0.4 is 9.80 Å². The highest BCUT2D eigenvalue weighted by molar-refractivity contribution is 6.36. The Morgan fingerprint density at radius 3 is 0.602 bits per heavy atom. The Labute approximate surface area is 502 Å². The molecule has 12 aromatic carbocycles. The van der Waals surface area contributed by atoms with Gasteiger partial charge in [-0.1, -0.05) is 158 Å². The number of benzene rings is 12. The number of imide groups is 2. The molecule has 2 aliphatic heterocycles. The van der Waals surface area contributed by atoms with E-state index >= 15 is 19.2 Å². The van der Waals surface area contributed by atoms with Crippen LogP contribution >= 0.6 is 0 Å². The topological polar surface area (TPSA) is 94.5 Å². The number of fused-ring (bicyclic) bond motifs is 14. The Morgan fingerprint density at radius 2 is 0.409 bits per heavy atom. The number of rotatable bonds is 7. The minimum absolute atomic E-state index is 0.318. The second-order valence-corrected chi connectivity index (χ2v) is 23.1. The number of amides is 4. The number of hydrogen-bond donors (Lipinski definition) is 0. The van der Waals surface area contributed by atoms with E-state index in [2.05, 4.69) is 115 Å². The molecule has 2 aliphatic rings. The van der Waals surface area contributed by atoms with Gasteiger partial charge < -0.3 is 18.3 Å². The SMILES string of the molecule is Cc1cc(N2C(=O)c3cc(-n4c5ccccc5c5ccccc54)c(-n4c5ccccc5c5ccccc54)cc3C2=O)ccc1-c1ccc(N2C(=O)c3cc(-n4c5ccccc5c5ccccc54)c(-n4c5ccccc5c5ccccc54)cc3C2=O)cc1C.